The molecule has 2 N–H and O–H groups in total. The molecule has 3 aromatic rings. The van der Waals surface area contributed by atoms with Crippen LogP contribution < -0.4 is 4.90 Å². The van der Waals surface area contributed by atoms with Gasteiger partial charge in [0.15, 0.2) is 5.82 Å². The van der Waals surface area contributed by atoms with Crippen LogP contribution in [-0.2, 0) is 9.59 Å². The number of carbonyl (C=O) groups is 2. The molecule has 1 saturated heterocycles. The van der Waals surface area contributed by atoms with Gasteiger partial charge in [0.05, 0.1) is 22.7 Å². The summed E-state index contributed by atoms with van der Waals surface area (Å²) in [6.07, 6.45) is 5.30. The largest absolute Gasteiger partial charge is 0.478 e. The predicted octanol–water partition coefficient (Wildman–Crippen LogP) is 5.13. The molecule has 3 heterocycles. The summed E-state index contributed by atoms with van der Waals surface area (Å²) in [4.78, 5) is 37.6. The molecule has 0 atom stereocenters. The Balaban J connectivity index is 1.62. The van der Waals surface area contributed by atoms with E-state index in [1.807, 2.05) is 54.6 Å². The third kappa shape index (κ3) is 5.50. The number of likely N-dealkylation sites (tertiary alicyclic amines) is 1. The molecule has 0 unspecified atom stereocenters. The lowest BCUT2D eigenvalue weighted by Gasteiger charge is -2.29. The molecule has 38 heavy (non-hydrogen) atoms. The molecule has 8 nitrogen and oxygen atoms in total. The molecular formula is C30H30N4O4. The maximum absolute atomic E-state index is 11.9. The van der Waals surface area contributed by atoms with Crippen molar-refractivity contribution in [3.05, 3.63) is 89.6 Å². The van der Waals surface area contributed by atoms with E-state index in [9.17, 15) is 19.8 Å². The number of piperidine rings is 1. The van der Waals surface area contributed by atoms with E-state index in [4.69, 9.17) is 9.98 Å². The fourth-order valence-corrected chi connectivity index (χ4v) is 5.13. The molecule has 0 bridgehead atoms. The van der Waals surface area contributed by atoms with E-state index in [0.29, 0.717) is 24.1 Å². The van der Waals surface area contributed by atoms with Crippen molar-refractivity contribution < 1.29 is 19.8 Å². The first-order valence-electron chi connectivity index (χ1n) is 12.9. The number of aliphatic imine (C=N–C) groups is 1. The van der Waals surface area contributed by atoms with E-state index in [-0.39, 0.29) is 11.3 Å². The van der Waals surface area contributed by atoms with Crippen LogP contribution in [0.15, 0.2) is 77.8 Å². The smallest absolute Gasteiger partial charge is 0.338 e. The van der Waals surface area contributed by atoms with Gasteiger partial charge in [-0.1, -0.05) is 55.0 Å². The van der Waals surface area contributed by atoms with Gasteiger partial charge in [-0.15, -0.1) is 0 Å². The lowest BCUT2D eigenvalue weighted by molar-refractivity contribution is -0.133. The minimum absolute atomic E-state index is 0.0792. The zero-order chi connectivity index (χ0) is 26.5. The molecule has 0 radical (unpaired) electrons. The van der Waals surface area contributed by atoms with E-state index >= 15 is 0 Å². The Morgan fingerprint density at radius 1 is 0.868 bits per heavy atom. The highest BCUT2D eigenvalue weighted by atomic mass is 16.4. The number of hydrogen-bond acceptors (Lipinski definition) is 6. The highest BCUT2D eigenvalue weighted by molar-refractivity contribution is 6.20. The van der Waals surface area contributed by atoms with Crippen LogP contribution in [0, 0.1) is 0 Å². The van der Waals surface area contributed by atoms with Crippen molar-refractivity contribution in [2.24, 2.45) is 4.99 Å². The topological polar surface area (TPSA) is 106 Å². The monoisotopic (exact) mass is 510 g/mol. The summed E-state index contributed by atoms with van der Waals surface area (Å²) in [5.74, 6) is -2.18. The van der Waals surface area contributed by atoms with Crippen molar-refractivity contribution in [2.75, 3.05) is 31.1 Å². The first-order chi connectivity index (χ1) is 18.5. The van der Waals surface area contributed by atoms with Gasteiger partial charge in [0.25, 0.3) is 0 Å². The summed E-state index contributed by atoms with van der Waals surface area (Å²) in [6.45, 7) is 3.83. The van der Waals surface area contributed by atoms with E-state index in [1.54, 1.807) is 6.07 Å². The quantitative estimate of drug-likeness (QED) is 0.405. The lowest BCUT2D eigenvalue weighted by atomic mass is 10.00. The van der Waals surface area contributed by atoms with Crippen LogP contribution in [0.3, 0.4) is 0 Å². The average Bonchev–Trinajstić information content (AvgIpc) is 3.07. The molecular weight excluding hydrogens is 480 g/mol. The molecule has 0 aliphatic carbocycles. The van der Waals surface area contributed by atoms with Gasteiger partial charge in [0, 0.05) is 23.7 Å². The van der Waals surface area contributed by atoms with E-state index in [0.717, 1.165) is 48.6 Å². The Kier molecular flexibility index (Phi) is 7.60. The lowest BCUT2D eigenvalue weighted by Crippen LogP contribution is -2.32. The summed E-state index contributed by atoms with van der Waals surface area (Å²) in [6, 6.07) is 21.2. The second-order valence-corrected chi connectivity index (χ2v) is 9.49. The first-order valence-corrected chi connectivity index (χ1v) is 12.9. The second kappa shape index (κ2) is 11.4. The minimum Gasteiger partial charge on any atom is -0.478 e. The SMILES string of the molecule is O=C(O)C=C(C(=O)O)c1ccc2c(n1)N(CCCN1CCCCC1)c1ccccc1C(c1ccccc1)=N2. The predicted molar refractivity (Wildman–Crippen MR) is 148 cm³/mol. The van der Waals surface area contributed by atoms with Gasteiger partial charge in [0.1, 0.15) is 5.69 Å². The third-order valence-corrected chi connectivity index (χ3v) is 6.92. The maximum Gasteiger partial charge on any atom is 0.338 e. The number of aliphatic carboxylic acids is 2. The zero-order valence-electron chi connectivity index (χ0n) is 21.1. The Hall–Kier alpha value is -4.30. The van der Waals surface area contributed by atoms with Crippen LogP contribution >= 0.6 is 0 Å². The molecule has 2 aliphatic heterocycles. The van der Waals surface area contributed by atoms with Crippen molar-refractivity contribution in [3.8, 4) is 0 Å². The molecule has 2 aliphatic rings. The van der Waals surface area contributed by atoms with Gasteiger partial charge in [-0.2, -0.15) is 0 Å². The normalized spacial score (nSPS) is 15.7. The van der Waals surface area contributed by atoms with Crippen LogP contribution in [0.4, 0.5) is 17.2 Å². The number of carboxylic acid groups (broad SMARTS) is 2. The number of rotatable bonds is 8. The van der Waals surface area contributed by atoms with Gasteiger partial charge in [-0.05, 0) is 57.1 Å². The summed E-state index contributed by atoms with van der Waals surface area (Å²) >= 11 is 0. The number of anilines is 2. The standard InChI is InChI=1S/C30H30N4O4/c35-27(36)20-23(30(37)38)24-14-15-25-29(32-24)34(19-9-18-33-16-7-2-8-17-33)26-13-6-5-12-22(26)28(31-25)21-10-3-1-4-11-21/h1,3-6,10-15,20H,2,7-9,16-19H2,(H,35,36)(H,37,38). The maximum atomic E-state index is 11.9. The van der Waals surface area contributed by atoms with Gasteiger partial charge < -0.3 is 20.0 Å². The number of pyridine rings is 1. The first kappa shape index (κ1) is 25.4. The van der Waals surface area contributed by atoms with Crippen LogP contribution in [0.25, 0.3) is 5.57 Å². The summed E-state index contributed by atoms with van der Waals surface area (Å²) in [5.41, 5.74) is 3.94. The van der Waals surface area contributed by atoms with E-state index in [2.05, 4.69) is 9.80 Å². The molecule has 194 valence electrons. The van der Waals surface area contributed by atoms with Crippen LogP contribution in [0.1, 0.15) is 42.5 Å². The fourth-order valence-electron chi connectivity index (χ4n) is 5.13. The third-order valence-electron chi connectivity index (χ3n) is 6.92. The van der Waals surface area contributed by atoms with E-state index < -0.39 is 11.9 Å². The molecule has 0 amide bonds. The number of para-hydroxylation sites is 1. The van der Waals surface area contributed by atoms with Crippen molar-refractivity contribution in [2.45, 2.75) is 25.7 Å². The molecule has 1 fully saturated rings. The van der Waals surface area contributed by atoms with Crippen LogP contribution in [0.2, 0.25) is 0 Å². The fraction of sp³-hybridized carbons (Fsp3) is 0.267. The number of benzene rings is 2. The summed E-state index contributed by atoms with van der Waals surface area (Å²) < 4.78 is 0. The molecule has 8 heteroatoms. The van der Waals surface area contributed by atoms with Crippen molar-refractivity contribution >= 4 is 40.4 Å². The van der Waals surface area contributed by atoms with Gasteiger partial charge in [0.2, 0.25) is 0 Å². The number of carboxylic acids is 2. The Morgan fingerprint density at radius 3 is 2.34 bits per heavy atom. The molecule has 0 saturated carbocycles. The molecule has 1 aromatic heterocycles. The van der Waals surface area contributed by atoms with Crippen LogP contribution in [0.5, 0.6) is 0 Å². The van der Waals surface area contributed by atoms with Crippen molar-refractivity contribution in [1.82, 2.24) is 9.88 Å². The molecule has 0 spiro atoms. The average molecular weight is 511 g/mol. The highest BCUT2D eigenvalue weighted by Crippen LogP contribution is 2.40. The Labute approximate surface area is 221 Å². The summed E-state index contributed by atoms with van der Waals surface area (Å²) in [7, 11) is 0. The number of aromatic nitrogens is 1. The van der Waals surface area contributed by atoms with Crippen molar-refractivity contribution in [1.29, 1.82) is 0 Å². The number of nitrogens with zero attached hydrogens (tertiary/aromatic N) is 4. The number of fused-ring (bicyclic) bond motifs is 2. The summed E-state index contributed by atoms with van der Waals surface area (Å²) in [5, 5.41) is 19.0. The minimum atomic E-state index is -1.35. The Bertz CT molecular complexity index is 1390. The molecule has 2 aromatic carbocycles. The van der Waals surface area contributed by atoms with Crippen LogP contribution in [-0.4, -0.2) is 63.9 Å². The Morgan fingerprint density at radius 2 is 1.61 bits per heavy atom. The van der Waals surface area contributed by atoms with Gasteiger partial charge >= 0.3 is 11.9 Å². The highest BCUT2D eigenvalue weighted by Gasteiger charge is 2.26. The van der Waals surface area contributed by atoms with E-state index in [1.165, 1.54) is 25.3 Å². The van der Waals surface area contributed by atoms with Gasteiger partial charge in [-0.25, -0.2) is 19.6 Å². The van der Waals surface area contributed by atoms with Gasteiger partial charge in [-0.3, -0.25) is 0 Å². The molecule has 5 rings (SSSR count). The second-order valence-electron chi connectivity index (χ2n) is 9.49. The zero-order valence-corrected chi connectivity index (χ0v) is 21.1. The number of hydrogen-bond donors (Lipinski definition) is 2. The van der Waals surface area contributed by atoms with Crippen molar-refractivity contribution in [3.63, 3.8) is 0 Å².